The SMILES string of the molecule is C[C@H](NC(=O)CCCCC(=O)NCCCONOCOCCS(C)(C)C)C(=O)N[C@@H](C)C(=O)N[C@@H]1C=C(CO)C[C@H](CO[C@@H]2CCC3=C(C2)NC[C@H]2C[C@H]4C=CCCC4N2C3)C1. The molecular formula is C45H77N7O9S. The highest BCUT2D eigenvalue weighted by atomic mass is 32.3. The number of rotatable bonds is 25. The fourth-order valence-electron chi connectivity index (χ4n) is 9.12. The van der Waals surface area contributed by atoms with Crippen LogP contribution in [0.15, 0.2) is 35.1 Å². The number of carbonyl (C=O) groups excluding carboxylic acids is 4. The van der Waals surface area contributed by atoms with Gasteiger partial charge in [0.2, 0.25) is 23.6 Å². The smallest absolute Gasteiger partial charge is 0.242 e. The van der Waals surface area contributed by atoms with E-state index >= 15 is 0 Å². The minimum absolute atomic E-state index is 0.0844. The Balaban J connectivity index is 0.905. The molecule has 17 heteroatoms. The Kier molecular flexibility index (Phi) is 20.5. The average molecular weight is 892 g/mol. The summed E-state index contributed by atoms with van der Waals surface area (Å²) in [4.78, 5) is 63.8. The number of allylic oxidation sites excluding steroid dienone is 1. The summed E-state index contributed by atoms with van der Waals surface area (Å²) in [6.07, 6.45) is 23.6. The summed E-state index contributed by atoms with van der Waals surface area (Å²) in [6.45, 7) is 7.25. The zero-order chi connectivity index (χ0) is 44.5. The number of unbranched alkanes of at least 4 members (excludes halogenated alkanes) is 1. The maximum atomic E-state index is 13.2. The molecule has 2 aliphatic heterocycles. The third-order valence-electron chi connectivity index (χ3n) is 12.6. The van der Waals surface area contributed by atoms with Crippen LogP contribution in [0.25, 0.3) is 0 Å². The van der Waals surface area contributed by atoms with Gasteiger partial charge >= 0.3 is 0 Å². The van der Waals surface area contributed by atoms with Crippen molar-refractivity contribution in [3.8, 4) is 0 Å². The first-order valence-corrected chi connectivity index (χ1v) is 26.0. The van der Waals surface area contributed by atoms with Gasteiger partial charge in [-0.2, -0.15) is 0 Å². The summed E-state index contributed by atoms with van der Waals surface area (Å²) in [5, 5.41) is 25.1. The van der Waals surface area contributed by atoms with E-state index in [1.54, 1.807) is 19.4 Å². The van der Waals surface area contributed by atoms with Crippen LogP contribution in [0.1, 0.15) is 97.3 Å². The lowest BCUT2D eigenvalue weighted by atomic mass is 9.86. The van der Waals surface area contributed by atoms with Crippen LogP contribution in [0.4, 0.5) is 0 Å². The minimum Gasteiger partial charge on any atom is -0.392 e. The number of aliphatic hydroxyl groups is 1. The second kappa shape index (κ2) is 25.5. The summed E-state index contributed by atoms with van der Waals surface area (Å²) >= 11 is 0. The number of ether oxygens (including phenoxy) is 2. The first kappa shape index (κ1) is 50.0. The monoisotopic (exact) mass is 892 g/mol. The third-order valence-corrected chi connectivity index (χ3v) is 14.0. The van der Waals surface area contributed by atoms with Gasteiger partial charge in [-0.25, -0.2) is 14.9 Å². The Morgan fingerprint density at radius 2 is 1.74 bits per heavy atom. The molecule has 352 valence electrons. The largest absolute Gasteiger partial charge is 0.392 e. The second-order valence-electron chi connectivity index (χ2n) is 18.7. The van der Waals surface area contributed by atoms with Gasteiger partial charge in [0.25, 0.3) is 0 Å². The van der Waals surface area contributed by atoms with E-state index in [-0.39, 0.29) is 62.0 Å². The van der Waals surface area contributed by atoms with Crippen LogP contribution in [0.2, 0.25) is 0 Å². The van der Waals surface area contributed by atoms with Gasteiger partial charge in [-0.15, -0.1) is 0 Å². The van der Waals surface area contributed by atoms with Crippen LogP contribution in [0.3, 0.4) is 0 Å². The van der Waals surface area contributed by atoms with Crippen molar-refractivity contribution in [2.45, 2.75) is 134 Å². The molecule has 5 rings (SSSR count). The third kappa shape index (κ3) is 16.8. The molecule has 62 heavy (non-hydrogen) atoms. The molecule has 0 aromatic carbocycles. The molecule has 1 unspecified atom stereocenters. The van der Waals surface area contributed by atoms with Gasteiger partial charge in [0.15, 0.2) is 6.79 Å². The van der Waals surface area contributed by atoms with E-state index in [0.717, 1.165) is 43.7 Å². The van der Waals surface area contributed by atoms with Crippen molar-refractivity contribution < 1.29 is 43.4 Å². The Bertz CT molecular complexity index is 1570. The Labute approximate surface area is 371 Å². The molecule has 0 bridgehead atoms. The molecule has 16 nitrogen and oxygen atoms in total. The molecule has 0 saturated carbocycles. The standard InChI is InChI=1S/C45H77N7O9S/c1-31(48-43(55)14-9-8-13-42(54)46-17-10-18-60-51-61-30-58-19-20-62(3,4)5)44(56)49-32(2)45(57)50-37-22-33(28-53)21-34(23-37)29-59-39-16-15-36-27-52-38(26-47-40(36)25-39)24-35-11-6-7-12-41(35)52/h6,11,22,31-32,34-35,37-39,41,47,51,53H,7-10,12-21,23-30H2,1-5H3,(H,46,54)(H,48,55)(H,49,56)(H,50,57)/t31-,32-,34-,35+,37+,38+,39+,41?/m0/s1. The number of carbonyl (C=O) groups is 4. The lowest BCUT2D eigenvalue weighted by Crippen LogP contribution is -2.53. The van der Waals surface area contributed by atoms with Crippen LogP contribution in [0.5, 0.6) is 0 Å². The van der Waals surface area contributed by atoms with E-state index in [0.29, 0.717) is 76.5 Å². The quantitative estimate of drug-likeness (QED) is 0.0307. The lowest BCUT2D eigenvalue weighted by molar-refractivity contribution is -0.218. The highest BCUT2D eigenvalue weighted by Crippen LogP contribution is 2.40. The van der Waals surface area contributed by atoms with Crippen molar-refractivity contribution in [1.29, 1.82) is 0 Å². The highest BCUT2D eigenvalue weighted by molar-refractivity contribution is 8.32. The van der Waals surface area contributed by atoms with Gasteiger partial charge in [0, 0.05) is 68.5 Å². The predicted molar refractivity (Wildman–Crippen MR) is 242 cm³/mol. The summed E-state index contributed by atoms with van der Waals surface area (Å²) in [5.74, 6) is 0.623. The van der Waals surface area contributed by atoms with E-state index in [1.165, 1.54) is 25.0 Å². The van der Waals surface area contributed by atoms with Crippen molar-refractivity contribution in [1.82, 2.24) is 37.1 Å². The molecule has 0 spiro atoms. The van der Waals surface area contributed by atoms with E-state index in [4.69, 9.17) is 19.1 Å². The number of aliphatic hydroxyl groups excluding tert-OH is 1. The molecule has 4 amide bonds. The van der Waals surface area contributed by atoms with Crippen molar-refractivity contribution >= 4 is 33.7 Å². The number of nitrogens with one attached hydrogen (secondary N) is 6. The van der Waals surface area contributed by atoms with Crippen LogP contribution >= 0.6 is 10.0 Å². The van der Waals surface area contributed by atoms with Gasteiger partial charge in [-0.1, -0.05) is 23.9 Å². The van der Waals surface area contributed by atoms with Crippen LogP contribution in [-0.4, -0.2) is 147 Å². The lowest BCUT2D eigenvalue weighted by Gasteiger charge is -2.34. The molecular weight excluding hydrogens is 815 g/mol. The normalized spacial score (nSPS) is 26.1. The van der Waals surface area contributed by atoms with E-state index in [1.807, 2.05) is 6.08 Å². The van der Waals surface area contributed by atoms with Gasteiger partial charge in [0.05, 0.1) is 32.5 Å². The van der Waals surface area contributed by atoms with Crippen molar-refractivity contribution in [3.63, 3.8) is 0 Å². The highest BCUT2D eigenvalue weighted by Gasteiger charge is 2.42. The molecule has 8 atom stereocenters. The zero-order valence-corrected chi connectivity index (χ0v) is 38.8. The molecule has 0 radical (unpaired) electrons. The second-order valence-corrected chi connectivity index (χ2v) is 23.3. The number of fused-ring (bicyclic) bond motifs is 3. The first-order valence-electron chi connectivity index (χ1n) is 23.0. The van der Waals surface area contributed by atoms with Gasteiger partial charge in [-0.3, -0.25) is 28.9 Å². The average Bonchev–Trinajstić information content (AvgIpc) is 3.48. The summed E-state index contributed by atoms with van der Waals surface area (Å²) in [6, 6.07) is -0.714. The van der Waals surface area contributed by atoms with E-state index < -0.39 is 28.0 Å². The maximum absolute atomic E-state index is 13.2. The first-order chi connectivity index (χ1) is 29.8. The Morgan fingerprint density at radius 3 is 2.53 bits per heavy atom. The molecule has 2 heterocycles. The van der Waals surface area contributed by atoms with E-state index in [9.17, 15) is 24.3 Å². The molecule has 0 aromatic heterocycles. The van der Waals surface area contributed by atoms with Gasteiger partial charge in [0.1, 0.15) is 12.1 Å². The molecule has 0 aromatic rings. The van der Waals surface area contributed by atoms with E-state index in [2.05, 4.69) is 68.0 Å². The maximum Gasteiger partial charge on any atom is 0.242 e. The van der Waals surface area contributed by atoms with Crippen LogP contribution in [-0.2, 0) is 38.3 Å². The van der Waals surface area contributed by atoms with Crippen LogP contribution < -0.4 is 32.2 Å². The summed E-state index contributed by atoms with van der Waals surface area (Å²) in [5.41, 5.74) is 6.16. The number of hydrogen-bond donors (Lipinski definition) is 7. The molecule has 1 fully saturated rings. The minimum atomic E-state index is -0.846. The van der Waals surface area contributed by atoms with Gasteiger partial charge in [-0.05, 0) is 120 Å². The number of amides is 4. The molecule has 5 aliphatic rings. The number of nitrogens with zero attached hydrogens (tertiary/aromatic N) is 1. The fraction of sp³-hybridized carbons (Fsp3) is 0.778. The Hall–Kier alpha value is -3.03. The predicted octanol–water partition coefficient (Wildman–Crippen LogP) is 2.83. The topological polar surface area (TPSA) is 201 Å². The summed E-state index contributed by atoms with van der Waals surface area (Å²) < 4.78 is 11.9. The molecule has 7 N–H and O–H groups in total. The van der Waals surface area contributed by atoms with Gasteiger partial charge < -0.3 is 41.2 Å². The molecule has 3 aliphatic carbocycles. The zero-order valence-electron chi connectivity index (χ0n) is 38.0. The van der Waals surface area contributed by atoms with Crippen molar-refractivity contribution in [2.24, 2.45) is 11.8 Å². The molecule has 1 saturated heterocycles. The van der Waals surface area contributed by atoms with Crippen molar-refractivity contribution in [2.75, 3.05) is 77.4 Å². The fourth-order valence-corrected chi connectivity index (χ4v) is 9.74. The number of hydrogen-bond acceptors (Lipinski definition) is 12. The summed E-state index contributed by atoms with van der Waals surface area (Å²) in [7, 11) is -0.596. The van der Waals surface area contributed by atoms with Crippen molar-refractivity contribution in [3.05, 3.63) is 35.1 Å². The van der Waals surface area contributed by atoms with Crippen LogP contribution in [0, 0.1) is 11.8 Å². The Morgan fingerprint density at radius 1 is 0.952 bits per heavy atom.